The molecule has 0 saturated carbocycles. The van der Waals surface area contributed by atoms with Gasteiger partial charge in [-0.15, -0.1) is 16.8 Å². The van der Waals surface area contributed by atoms with Gasteiger partial charge in [-0.1, -0.05) is 41.6 Å². The molecular weight excluding hydrogens is 450 g/mol. The molecule has 1 aromatic heterocycles. The summed E-state index contributed by atoms with van der Waals surface area (Å²) in [6.07, 6.45) is 1.73. The lowest BCUT2D eigenvalue weighted by atomic mass is 10.1. The van der Waals surface area contributed by atoms with E-state index >= 15 is 0 Å². The second kappa shape index (κ2) is 11.5. The fourth-order valence-corrected chi connectivity index (χ4v) is 4.07. The Morgan fingerprint density at radius 3 is 2.53 bits per heavy atom. The Kier molecular flexibility index (Phi) is 8.48. The van der Waals surface area contributed by atoms with Crippen LogP contribution < -0.4 is 15.4 Å². The van der Waals surface area contributed by atoms with Gasteiger partial charge in [0.05, 0.1) is 24.6 Å². The maximum absolute atomic E-state index is 12.6. The number of rotatable bonds is 10. The molecule has 2 aromatic carbocycles. The predicted octanol–water partition coefficient (Wildman–Crippen LogP) is 4.31. The van der Waals surface area contributed by atoms with E-state index in [1.165, 1.54) is 11.8 Å². The number of hydrogen-bond acceptors (Lipinski definition) is 6. The highest BCUT2D eigenvalue weighted by Gasteiger charge is 2.20. The van der Waals surface area contributed by atoms with Gasteiger partial charge < -0.3 is 19.9 Å². The summed E-state index contributed by atoms with van der Waals surface area (Å²) in [7, 11) is 1.56. The number of benzene rings is 2. The zero-order chi connectivity index (χ0) is 24.7. The third-order valence-electron chi connectivity index (χ3n) is 5.07. The van der Waals surface area contributed by atoms with Gasteiger partial charge in [-0.25, -0.2) is 0 Å². The fourth-order valence-electron chi connectivity index (χ4n) is 3.31. The van der Waals surface area contributed by atoms with E-state index in [1.54, 1.807) is 25.3 Å². The highest BCUT2D eigenvalue weighted by atomic mass is 32.2. The van der Waals surface area contributed by atoms with Crippen molar-refractivity contribution in [2.75, 3.05) is 18.2 Å². The van der Waals surface area contributed by atoms with E-state index in [1.807, 2.05) is 55.7 Å². The number of carbonyl (C=O) groups is 2. The van der Waals surface area contributed by atoms with Crippen molar-refractivity contribution < 1.29 is 14.3 Å². The summed E-state index contributed by atoms with van der Waals surface area (Å²) < 4.78 is 7.17. The summed E-state index contributed by atoms with van der Waals surface area (Å²) in [6.45, 7) is 10.0. The minimum absolute atomic E-state index is 0.135. The van der Waals surface area contributed by atoms with E-state index in [-0.39, 0.29) is 23.6 Å². The predicted molar refractivity (Wildman–Crippen MR) is 134 cm³/mol. The number of thioether (sulfide) groups is 1. The number of hydrogen-bond donors (Lipinski definition) is 2. The minimum atomic E-state index is -0.388. The third kappa shape index (κ3) is 6.26. The molecule has 0 unspecified atom stereocenters. The molecule has 9 heteroatoms. The highest BCUT2D eigenvalue weighted by Crippen LogP contribution is 2.26. The monoisotopic (exact) mass is 479 g/mol. The number of methoxy groups -OCH3 is 1. The van der Waals surface area contributed by atoms with Crippen LogP contribution in [0.4, 0.5) is 5.69 Å². The van der Waals surface area contributed by atoms with Crippen molar-refractivity contribution in [3.05, 3.63) is 77.6 Å². The molecule has 0 radical (unpaired) electrons. The maximum Gasteiger partial charge on any atom is 0.251 e. The number of aryl methyl sites for hydroxylation is 2. The lowest BCUT2D eigenvalue weighted by Gasteiger charge is -2.15. The van der Waals surface area contributed by atoms with Crippen molar-refractivity contribution >= 4 is 29.3 Å². The van der Waals surface area contributed by atoms with E-state index in [4.69, 9.17) is 4.74 Å². The topological polar surface area (TPSA) is 98.1 Å². The molecule has 2 amide bonds. The van der Waals surface area contributed by atoms with Crippen LogP contribution in [0.1, 0.15) is 40.3 Å². The molecular formula is C25H29N5O3S. The number of amides is 2. The van der Waals surface area contributed by atoms with E-state index in [0.29, 0.717) is 34.5 Å². The molecule has 1 heterocycles. The van der Waals surface area contributed by atoms with Crippen LogP contribution in [0, 0.1) is 13.8 Å². The summed E-state index contributed by atoms with van der Waals surface area (Å²) in [5, 5.41) is 14.9. The fraction of sp³-hybridized carbons (Fsp3) is 0.280. The average Bonchev–Trinajstić information content (AvgIpc) is 3.21. The second-order valence-corrected chi connectivity index (χ2v) is 8.78. The van der Waals surface area contributed by atoms with Gasteiger partial charge in [0.25, 0.3) is 5.91 Å². The molecule has 0 aliphatic rings. The Morgan fingerprint density at radius 1 is 1.15 bits per heavy atom. The molecule has 0 fully saturated rings. The molecule has 0 saturated heterocycles. The summed E-state index contributed by atoms with van der Waals surface area (Å²) in [6, 6.07) is 12.6. The quantitative estimate of drug-likeness (QED) is 0.332. The molecule has 0 bridgehead atoms. The van der Waals surface area contributed by atoms with Crippen molar-refractivity contribution in [3.8, 4) is 5.75 Å². The van der Waals surface area contributed by atoms with Crippen LogP contribution >= 0.6 is 11.8 Å². The van der Waals surface area contributed by atoms with Gasteiger partial charge in [-0.2, -0.15) is 0 Å². The van der Waals surface area contributed by atoms with Gasteiger partial charge in [0.15, 0.2) is 11.0 Å². The van der Waals surface area contributed by atoms with E-state index in [9.17, 15) is 9.59 Å². The van der Waals surface area contributed by atoms with Crippen LogP contribution in [0.2, 0.25) is 0 Å². The van der Waals surface area contributed by atoms with E-state index < -0.39 is 0 Å². The third-order valence-corrected chi connectivity index (χ3v) is 6.03. The van der Waals surface area contributed by atoms with E-state index in [2.05, 4.69) is 27.4 Å². The number of allylic oxidation sites excluding steroid dienone is 1. The first kappa shape index (κ1) is 25.0. The first-order valence-corrected chi connectivity index (χ1v) is 11.8. The lowest BCUT2D eigenvalue weighted by molar-refractivity contribution is -0.113. The van der Waals surface area contributed by atoms with Crippen LogP contribution in [-0.2, 0) is 11.3 Å². The number of carbonyl (C=O) groups excluding carboxylic acids is 2. The highest BCUT2D eigenvalue weighted by molar-refractivity contribution is 7.99. The van der Waals surface area contributed by atoms with Crippen molar-refractivity contribution in [1.29, 1.82) is 0 Å². The molecule has 3 aromatic rings. The Hall–Kier alpha value is -3.59. The van der Waals surface area contributed by atoms with E-state index in [0.717, 1.165) is 11.1 Å². The lowest BCUT2D eigenvalue weighted by Crippen LogP contribution is -2.28. The molecule has 34 heavy (non-hydrogen) atoms. The SMILES string of the molecule is C=CCn1c(SCC(=O)Nc2cc(C)ccc2OC)nnc1[C@@H](C)NC(=O)c1ccc(C)cc1. The van der Waals surface area contributed by atoms with Crippen LogP contribution in [0.5, 0.6) is 5.75 Å². The first-order valence-electron chi connectivity index (χ1n) is 10.8. The van der Waals surface area contributed by atoms with Crippen LogP contribution in [0.3, 0.4) is 0 Å². The smallest absolute Gasteiger partial charge is 0.251 e. The van der Waals surface area contributed by atoms with Crippen molar-refractivity contribution in [1.82, 2.24) is 20.1 Å². The molecule has 0 aliphatic carbocycles. The summed E-state index contributed by atoms with van der Waals surface area (Å²) >= 11 is 1.26. The standard InChI is InChI=1S/C25H29N5O3S/c1-6-13-30-23(18(4)26-24(32)19-10-7-16(2)8-11-19)28-29-25(30)34-15-22(31)27-20-14-17(3)9-12-21(20)33-5/h6-12,14,18H,1,13,15H2,2-5H3,(H,26,32)(H,27,31)/t18-/m1/s1. The van der Waals surface area contributed by atoms with Gasteiger partial charge >= 0.3 is 0 Å². The van der Waals surface area contributed by atoms with Gasteiger partial charge in [0.1, 0.15) is 5.75 Å². The van der Waals surface area contributed by atoms with Gasteiger partial charge in [0, 0.05) is 12.1 Å². The largest absolute Gasteiger partial charge is 0.495 e. The van der Waals surface area contributed by atoms with Gasteiger partial charge in [-0.05, 0) is 50.6 Å². The summed E-state index contributed by atoms with van der Waals surface area (Å²) in [4.78, 5) is 25.2. The van der Waals surface area contributed by atoms with Crippen molar-refractivity contribution in [2.45, 2.75) is 38.5 Å². The minimum Gasteiger partial charge on any atom is -0.495 e. The molecule has 2 N–H and O–H groups in total. The number of anilines is 1. The normalized spacial score (nSPS) is 11.5. The number of nitrogens with one attached hydrogen (secondary N) is 2. The van der Waals surface area contributed by atoms with Crippen LogP contribution in [0.25, 0.3) is 0 Å². The number of ether oxygens (including phenoxy) is 1. The van der Waals surface area contributed by atoms with Gasteiger partial charge in [-0.3, -0.25) is 9.59 Å². The Labute approximate surface area is 203 Å². The molecule has 1 atom stereocenters. The average molecular weight is 480 g/mol. The first-order chi connectivity index (χ1) is 16.3. The maximum atomic E-state index is 12.6. The zero-order valence-electron chi connectivity index (χ0n) is 19.8. The Balaban J connectivity index is 1.68. The number of aromatic nitrogens is 3. The zero-order valence-corrected chi connectivity index (χ0v) is 20.6. The molecule has 178 valence electrons. The Morgan fingerprint density at radius 2 is 1.85 bits per heavy atom. The van der Waals surface area contributed by atoms with Gasteiger partial charge in [0.2, 0.25) is 5.91 Å². The van der Waals surface area contributed by atoms with Crippen molar-refractivity contribution in [3.63, 3.8) is 0 Å². The Bertz CT molecular complexity index is 1170. The summed E-state index contributed by atoms with van der Waals surface area (Å²) in [5.41, 5.74) is 3.29. The number of nitrogens with zero attached hydrogens (tertiary/aromatic N) is 3. The molecule has 0 aliphatic heterocycles. The molecule has 3 rings (SSSR count). The summed E-state index contributed by atoms with van der Waals surface area (Å²) in [5.74, 6) is 0.935. The molecule has 0 spiro atoms. The molecule has 8 nitrogen and oxygen atoms in total. The van der Waals surface area contributed by atoms with Crippen LogP contribution in [-0.4, -0.2) is 39.4 Å². The van der Waals surface area contributed by atoms with Crippen molar-refractivity contribution in [2.24, 2.45) is 0 Å². The van der Waals surface area contributed by atoms with Crippen LogP contribution in [0.15, 0.2) is 60.3 Å². The second-order valence-electron chi connectivity index (χ2n) is 7.84.